The molecule has 6 heteroatoms. The van der Waals surface area contributed by atoms with Crippen LogP contribution in [0.1, 0.15) is 22.8 Å². The van der Waals surface area contributed by atoms with Crippen LogP contribution in [0.15, 0.2) is 48.5 Å². The van der Waals surface area contributed by atoms with Crippen LogP contribution in [-0.4, -0.2) is 48.4 Å². The van der Waals surface area contributed by atoms with E-state index in [0.717, 1.165) is 42.8 Å². The molecule has 140 valence electrons. The van der Waals surface area contributed by atoms with Crippen LogP contribution in [0.5, 0.6) is 11.6 Å². The lowest BCUT2D eigenvalue weighted by atomic mass is 10.00. The van der Waals surface area contributed by atoms with Gasteiger partial charge in [0.15, 0.2) is 5.78 Å². The summed E-state index contributed by atoms with van der Waals surface area (Å²) in [4.78, 5) is 13.1. The summed E-state index contributed by atoms with van der Waals surface area (Å²) in [7, 11) is 0. The number of aromatic hydroxyl groups is 1. The van der Waals surface area contributed by atoms with Crippen LogP contribution in [0.3, 0.4) is 0 Å². The van der Waals surface area contributed by atoms with Gasteiger partial charge < -0.3 is 20.2 Å². The Hall–Kier alpha value is -2.99. The van der Waals surface area contributed by atoms with Crippen LogP contribution in [0.25, 0.3) is 10.9 Å². The van der Waals surface area contributed by atoms with Crippen molar-refractivity contribution in [2.24, 2.45) is 0 Å². The van der Waals surface area contributed by atoms with Crippen LogP contribution >= 0.6 is 0 Å². The molecule has 2 heterocycles. The predicted molar refractivity (Wildman–Crippen MR) is 105 cm³/mol. The minimum atomic E-state index is -0.0684. The molecule has 1 saturated heterocycles. The average molecular weight is 365 g/mol. The number of carbonyl (C=O) groups excluding carboxylic acids is 1. The Morgan fingerprint density at radius 3 is 2.59 bits per heavy atom. The molecule has 0 spiro atoms. The maximum Gasteiger partial charge on any atom is 0.211 e. The summed E-state index contributed by atoms with van der Waals surface area (Å²) in [5.74, 6) is 0.828. The maximum atomic E-state index is 13.1. The molecule has 27 heavy (non-hydrogen) atoms. The molecule has 0 saturated carbocycles. The van der Waals surface area contributed by atoms with Gasteiger partial charge in [-0.05, 0) is 37.3 Å². The first-order valence-corrected chi connectivity index (χ1v) is 9.26. The van der Waals surface area contributed by atoms with Gasteiger partial charge in [0.25, 0.3) is 0 Å². The van der Waals surface area contributed by atoms with Crippen molar-refractivity contribution in [1.29, 1.82) is 0 Å². The molecule has 0 amide bonds. The van der Waals surface area contributed by atoms with Gasteiger partial charge in [-0.2, -0.15) is 0 Å². The number of carbonyl (C=O) groups is 1. The zero-order chi connectivity index (χ0) is 18.8. The number of nitrogens with zero attached hydrogens (tertiary/aromatic N) is 2. The third-order valence-electron chi connectivity index (χ3n) is 4.85. The second kappa shape index (κ2) is 7.32. The van der Waals surface area contributed by atoms with E-state index in [9.17, 15) is 9.90 Å². The fraction of sp³-hybridized carbons (Fsp3) is 0.286. The van der Waals surface area contributed by atoms with Crippen LogP contribution in [-0.2, 0) is 0 Å². The smallest absolute Gasteiger partial charge is 0.211 e. The number of ketones is 1. The van der Waals surface area contributed by atoms with Crippen molar-refractivity contribution in [2.45, 2.75) is 6.92 Å². The van der Waals surface area contributed by atoms with Crippen LogP contribution < -0.4 is 15.1 Å². The van der Waals surface area contributed by atoms with Crippen molar-refractivity contribution in [3.05, 3.63) is 59.7 Å². The minimum Gasteiger partial charge on any atom is -0.494 e. The van der Waals surface area contributed by atoms with Crippen LogP contribution in [0, 0.1) is 0 Å². The van der Waals surface area contributed by atoms with Crippen molar-refractivity contribution in [3.8, 4) is 11.6 Å². The van der Waals surface area contributed by atoms with Crippen molar-refractivity contribution in [2.75, 3.05) is 37.8 Å². The lowest BCUT2D eigenvalue weighted by Gasteiger charge is -2.31. The molecule has 1 aromatic heterocycles. The quantitative estimate of drug-likeness (QED) is 0.680. The molecular weight excluding hydrogens is 342 g/mol. The Morgan fingerprint density at radius 2 is 1.89 bits per heavy atom. The molecule has 1 fully saturated rings. The lowest BCUT2D eigenvalue weighted by Crippen LogP contribution is -2.48. The SMILES string of the molecule is CCOc1ccc(C(=O)c2cccc3c2cc(O)n3N2CCNCC2)cc1. The zero-order valence-electron chi connectivity index (χ0n) is 15.3. The number of fused-ring (bicyclic) bond motifs is 1. The maximum absolute atomic E-state index is 13.1. The second-order valence-corrected chi connectivity index (χ2v) is 6.54. The van der Waals surface area contributed by atoms with E-state index < -0.39 is 0 Å². The summed E-state index contributed by atoms with van der Waals surface area (Å²) in [6.07, 6.45) is 0. The molecular formula is C21H23N3O3. The van der Waals surface area contributed by atoms with E-state index in [1.807, 2.05) is 29.8 Å². The van der Waals surface area contributed by atoms with E-state index in [1.165, 1.54) is 0 Å². The van der Waals surface area contributed by atoms with E-state index in [-0.39, 0.29) is 11.7 Å². The highest BCUT2D eigenvalue weighted by Gasteiger charge is 2.20. The molecule has 0 radical (unpaired) electrons. The van der Waals surface area contributed by atoms with E-state index in [0.29, 0.717) is 17.7 Å². The van der Waals surface area contributed by atoms with E-state index >= 15 is 0 Å². The predicted octanol–water partition coefficient (Wildman–Crippen LogP) is 2.52. The van der Waals surface area contributed by atoms with Gasteiger partial charge in [-0.1, -0.05) is 12.1 Å². The first-order valence-electron chi connectivity index (χ1n) is 9.26. The van der Waals surface area contributed by atoms with Crippen LogP contribution in [0.4, 0.5) is 0 Å². The molecule has 1 aliphatic rings. The molecule has 3 aromatic rings. The van der Waals surface area contributed by atoms with E-state index in [2.05, 4.69) is 10.3 Å². The largest absolute Gasteiger partial charge is 0.494 e. The lowest BCUT2D eigenvalue weighted by molar-refractivity contribution is 0.104. The highest BCUT2D eigenvalue weighted by atomic mass is 16.5. The molecule has 0 aliphatic carbocycles. The summed E-state index contributed by atoms with van der Waals surface area (Å²) in [6.45, 7) is 5.84. The summed E-state index contributed by atoms with van der Waals surface area (Å²) in [5, 5.41) is 16.7. The average Bonchev–Trinajstić information content (AvgIpc) is 3.05. The number of benzene rings is 2. The van der Waals surface area contributed by atoms with Gasteiger partial charge in [0, 0.05) is 48.8 Å². The Kier molecular flexibility index (Phi) is 4.73. The molecule has 2 N–H and O–H groups in total. The Bertz CT molecular complexity index is 957. The highest BCUT2D eigenvalue weighted by molar-refractivity contribution is 6.16. The number of rotatable bonds is 5. The third kappa shape index (κ3) is 3.24. The van der Waals surface area contributed by atoms with Gasteiger partial charge >= 0.3 is 0 Å². The van der Waals surface area contributed by atoms with Crippen molar-refractivity contribution < 1.29 is 14.6 Å². The van der Waals surface area contributed by atoms with Gasteiger partial charge in [0.2, 0.25) is 5.88 Å². The zero-order valence-corrected chi connectivity index (χ0v) is 15.3. The van der Waals surface area contributed by atoms with Gasteiger partial charge in [0.1, 0.15) is 5.75 Å². The molecule has 0 bridgehead atoms. The molecule has 6 nitrogen and oxygen atoms in total. The van der Waals surface area contributed by atoms with Crippen LogP contribution in [0.2, 0.25) is 0 Å². The second-order valence-electron chi connectivity index (χ2n) is 6.54. The number of nitrogens with one attached hydrogen (secondary N) is 1. The Balaban J connectivity index is 1.72. The highest BCUT2D eigenvalue weighted by Crippen LogP contribution is 2.29. The minimum absolute atomic E-state index is 0.0684. The first kappa shape index (κ1) is 17.4. The van der Waals surface area contributed by atoms with Gasteiger partial charge in [-0.25, -0.2) is 4.68 Å². The number of piperazine rings is 1. The van der Waals surface area contributed by atoms with E-state index in [4.69, 9.17) is 4.74 Å². The molecule has 0 atom stereocenters. The fourth-order valence-electron chi connectivity index (χ4n) is 3.58. The molecule has 0 unspecified atom stereocenters. The molecule has 2 aromatic carbocycles. The summed E-state index contributed by atoms with van der Waals surface area (Å²) in [6, 6.07) is 14.5. The summed E-state index contributed by atoms with van der Waals surface area (Å²) in [5.41, 5.74) is 2.02. The molecule has 4 rings (SSSR count). The molecule has 1 aliphatic heterocycles. The van der Waals surface area contributed by atoms with Gasteiger partial charge in [-0.15, -0.1) is 0 Å². The normalized spacial score (nSPS) is 14.5. The fourth-order valence-corrected chi connectivity index (χ4v) is 3.58. The van der Waals surface area contributed by atoms with Gasteiger partial charge in [0.05, 0.1) is 12.1 Å². The number of aromatic nitrogens is 1. The summed E-state index contributed by atoms with van der Waals surface area (Å²) < 4.78 is 7.26. The monoisotopic (exact) mass is 365 g/mol. The number of ether oxygens (including phenoxy) is 1. The van der Waals surface area contributed by atoms with Gasteiger partial charge in [-0.3, -0.25) is 4.79 Å². The van der Waals surface area contributed by atoms with Crippen molar-refractivity contribution >= 4 is 16.7 Å². The Morgan fingerprint density at radius 1 is 1.15 bits per heavy atom. The van der Waals surface area contributed by atoms with Crippen molar-refractivity contribution in [1.82, 2.24) is 9.99 Å². The number of hydrogen-bond donors (Lipinski definition) is 2. The first-order chi connectivity index (χ1) is 13.2. The van der Waals surface area contributed by atoms with Crippen molar-refractivity contribution in [3.63, 3.8) is 0 Å². The Labute approximate surface area is 157 Å². The third-order valence-corrected chi connectivity index (χ3v) is 4.85. The van der Waals surface area contributed by atoms with E-state index in [1.54, 1.807) is 30.3 Å². The number of hydrogen-bond acceptors (Lipinski definition) is 5. The standard InChI is InChI=1S/C21H23N3O3/c1-2-27-16-8-6-15(7-9-16)21(26)17-4-3-5-19-18(17)14-20(25)24(19)23-12-10-22-11-13-23/h3-9,14,22,25H,2,10-13H2,1H3. The topological polar surface area (TPSA) is 66.7 Å². The summed E-state index contributed by atoms with van der Waals surface area (Å²) >= 11 is 0.